The molecule has 6 heteroatoms. The van der Waals surface area contributed by atoms with Gasteiger partial charge in [0, 0.05) is 23.8 Å². The molecule has 1 aromatic carbocycles. The first-order chi connectivity index (χ1) is 8.08. The molecule has 88 valence electrons. The highest BCUT2D eigenvalue weighted by atomic mass is 32.2. The number of nitrogen functional groups attached to an aromatic ring is 1. The van der Waals surface area contributed by atoms with Gasteiger partial charge in [0.2, 0.25) is 0 Å². The van der Waals surface area contributed by atoms with Crippen molar-refractivity contribution in [1.29, 1.82) is 0 Å². The quantitative estimate of drug-likeness (QED) is 0.806. The number of rotatable bonds is 3. The third-order valence-corrected chi connectivity index (χ3v) is 3.47. The summed E-state index contributed by atoms with van der Waals surface area (Å²) in [5.41, 5.74) is 6.55. The number of hydrogen-bond donors (Lipinski definition) is 2. The number of sulfonamides is 1. The standard InChI is InChI=1S/C11H11N3O2S/c12-9-3-5-10(6-4-9)14-17(15,16)11-2-1-7-13-8-11/h1-8,14H,12H2. The molecule has 5 nitrogen and oxygen atoms in total. The van der Waals surface area contributed by atoms with Gasteiger partial charge in [0.05, 0.1) is 0 Å². The molecule has 0 spiro atoms. The van der Waals surface area contributed by atoms with E-state index in [9.17, 15) is 8.42 Å². The van der Waals surface area contributed by atoms with Crippen molar-refractivity contribution in [3.05, 3.63) is 48.8 Å². The van der Waals surface area contributed by atoms with Crippen LogP contribution < -0.4 is 10.5 Å². The summed E-state index contributed by atoms with van der Waals surface area (Å²) in [5.74, 6) is 0. The van der Waals surface area contributed by atoms with Gasteiger partial charge in [0.1, 0.15) is 4.90 Å². The Morgan fingerprint density at radius 2 is 1.82 bits per heavy atom. The number of aromatic nitrogens is 1. The summed E-state index contributed by atoms with van der Waals surface area (Å²) >= 11 is 0. The van der Waals surface area contributed by atoms with Gasteiger partial charge >= 0.3 is 0 Å². The molecule has 0 atom stereocenters. The smallest absolute Gasteiger partial charge is 0.263 e. The molecule has 3 N–H and O–H groups in total. The largest absolute Gasteiger partial charge is 0.399 e. The van der Waals surface area contributed by atoms with Crippen LogP contribution in [0.2, 0.25) is 0 Å². The summed E-state index contributed by atoms with van der Waals surface area (Å²) in [6.07, 6.45) is 2.81. The van der Waals surface area contributed by atoms with E-state index >= 15 is 0 Å². The fourth-order valence-corrected chi connectivity index (χ4v) is 2.29. The molecular weight excluding hydrogens is 238 g/mol. The molecule has 0 amide bonds. The number of anilines is 2. The van der Waals surface area contributed by atoms with E-state index in [4.69, 9.17) is 5.73 Å². The predicted octanol–water partition coefficient (Wildman–Crippen LogP) is 1.46. The number of pyridine rings is 1. The van der Waals surface area contributed by atoms with E-state index in [0.29, 0.717) is 11.4 Å². The SMILES string of the molecule is Nc1ccc(NS(=O)(=O)c2cccnc2)cc1. The lowest BCUT2D eigenvalue weighted by Crippen LogP contribution is -2.12. The molecule has 0 unspecified atom stereocenters. The molecule has 17 heavy (non-hydrogen) atoms. The second-order valence-corrected chi connectivity index (χ2v) is 5.10. The Kier molecular flexibility index (Phi) is 2.97. The van der Waals surface area contributed by atoms with Crippen LogP contribution >= 0.6 is 0 Å². The Labute approximate surface area is 99.4 Å². The Balaban J connectivity index is 2.27. The second kappa shape index (κ2) is 4.42. The summed E-state index contributed by atoms with van der Waals surface area (Å²) in [6.45, 7) is 0. The van der Waals surface area contributed by atoms with E-state index < -0.39 is 10.0 Å². The molecule has 0 aliphatic rings. The minimum absolute atomic E-state index is 0.122. The maximum Gasteiger partial charge on any atom is 0.263 e. The van der Waals surface area contributed by atoms with Gasteiger partial charge in [0.25, 0.3) is 10.0 Å². The van der Waals surface area contributed by atoms with Gasteiger partial charge in [-0.05, 0) is 36.4 Å². The molecule has 0 saturated heterocycles. The Bertz CT molecular complexity index is 594. The van der Waals surface area contributed by atoms with E-state index in [-0.39, 0.29) is 4.90 Å². The van der Waals surface area contributed by atoms with Crippen LogP contribution in [0.25, 0.3) is 0 Å². The van der Waals surface area contributed by atoms with Gasteiger partial charge in [-0.2, -0.15) is 0 Å². The van der Waals surface area contributed by atoms with Crippen LogP contribution in [0, 0.1) is 0 Å². The van der Waals surface area contributed by atoms with Crippen molar-refractivity contribution in [2.24, 2.45) is 0 Å². The molecule has 2 rings (SSSR count). The number of nitrogens with zero attached hydrogens (tertiary/aromatic N) is 1. The molecule has 0 aliphatic heterocycles. The number of nitrogens with two attached hydrogens (primary N) is 1. The summed E-state index contributed by atoms with van der Waals surface area (Å²) in [5, 5.41) is 0. The van der Waals surface area contributed by atoms with Crippen molar-refractivity contribution in [3.63, 3.8) is 0 Å². The van der Waals surface area contributed by atoms with Crippen molar-refractivity contribution < 1.29 is 8.42 Å². The molecular formula is C11H11N3O2S. The average molecular weight is 249 g/mol. The van der Waals surface area contributed by atoms with Gasteiger partial charge in [0.15, 0.2) is 0 Å². The van der Waals surface area contributed by atoms with E-state index in [0.717, 1.165) is 0 Å². The molecule has 0 aliphatic carbocycles. The van der Waals surface area contributed by atoms with Crippen molar-refractivity contribution in [1.82, 2.24) is 4.98 Å². The Hall–Kier alpha value is -2.08. The van der Waals surface area contributed by atoms with Crippen LogP contribution in [0.15, 0.2) is 53.7 Å². The van der Waals surface area contributed by atoms with Gasteiger partial charge < -0.3 is 5.73 Å². The maximum absolute atomic E-state index is 11.9. The minimum Gasteiger partial charge on any atom is -0.399 e. The van der Waals surface area contributed by atoms with E-state index in [2.05, 4.69) is 9.71 Å². The zero-order valence-corrected chi connectivity index (χ0v) is 9.68. The van der Waals surface area contributed by atoms with E-state index in [1.165, 1.54) is 18.5 Å². The first-order valence-corrected chi connectivity index (χ1v) is 6.35. The number of benzene rings is 1. The van der Waals surface area contributed by atoms with Crippen LogP contribution in [0.4, 0.5) is 11.4 Å². The highest BCUT2D eigenvalue weighted by Gasteiger charge is 2.13. The van der Waals surface area contributed by atoms with Crippen LogP contribution in [0.3, 0.4) is 0 Å². The lowest BCUT2D eigenvalue weighted by molar-refractivity contribution is 0.601. The van der Waals surface area contributed by atoms with Gasteiger partial charge in [-0.25, -0.2) is 8.42 Å². The minimum atomic E-state index is -3.58. The topological polar surface area (TPSA) is 85.1 Å². The third kappa shape index (κ3) is 2.73. The fraction of sp³-hybridized carbons (Fsp3) is 0. The van der Waals surface area contributed by atoms with Gasteiger partial charge in [-0.1, -0.05) is 0 Å². The third-order valence-electron chi connectivity index (χ3n) is 2.11. The van der Waals surface area contributed by atoms with Gasteiger partial charge in [-0.15, -0.1) is 0 Å². The van der Waals surface area contributed by atoms with Gasteiger partial charge in [-0.3, -0.25) is 9.71 Å². The van der Waals surface area contributed by atoms with Crippen molar-refractivity contribution in [3.8, 4) is 0 Å². The summed E-state index contributed by atoms with van der Waals surface area (Å²) < 4.78 is 26.2. The predicted molar refractivity (Wildman–Crippen MR) is 65.9 cm³/mol. The lowest BCUT2D eigenvalue weighted by Gasteiger charge is -2.07. The summed E-state index contributed by atoms with van der Waals surface area (Å²) in [7, 11) is -3.58. The van der Waals surface area contributed by atoms with Crippen molar-refractivity contribution in [2.45, 2.75) is 4.90 Å². The van der Waals surface area contributed by atoms with Crippen LogP contribution in [0.5, 0.6) is 0 Å². The fourth-order valence-electron chi connectivity index (χ4n) is 1.27. The Morgan fingerprint density at radius 3 is 2.41 bits per heavy atom. The maximum atomic E-state index is 11.9. The average Bonchev–Trinajstić information content (AvgIpc) is 2.33. The molecule has 0 radical (unpaired) electrons. The van der Waals surface area contributed by atoms with Crippen LogP contribution in [0.1, 0.15) is 0 Å². The molecule has 0 fully saturated rings. The van der Waals surface area contributed by atoms with Crippen LogP contribution in [-0.4, -0.2) is 13.4 Å². The van der Waals surface area contributed by atoms with E-state index in [1.807, 2.05) is 0 Å². The molecule has 2 aromatic rings. The molecule has 1 heterocycles. The molecule has 0 saturated carbocycles. The highest BCUT2D eigenvalue weighted by Crippen LogP contribution is 2.16. The Morgan fingerprint density at radius 1 is 1.12 bits per heavy atom. The van der Waals surface area contributed by atoms with Crippen molar-refractivity contribution in [2.75, 3.05) is 10.5 Å². The second-order valence-electron chi connectivity index (χ2n) is 3.42. The monoisotopic (exact) mass is 249 g/mol. The molecule has 0 bridgehead atoms. The highest BCUT2D eigenvalue weighted by molar-refractivity contribution is 7.92. The van der Waals surface area contributed by atoms with E-state index in [1.54, 1.807) is 30.3 Å². The molecule has 1 aromatic heterocycles. The zero-order chi connectivity index (χ0) is 12.3. The summed E-state index contributed by atoms with van der Waals surface area (Å²) in [6, 6.07) is 9.50. The van der Waals surface area contributed by atoms with Crippen LogP contribution in [-0.2, 0) is 10.0 Å². The lowest BCUT2D eigenvalue weighted by atomic mass is 10.3. The first-order valence-electron chi connectivity index (χ1n) is 4.86. The zero-order valence-electron chi connectivity index (χ0n) is 8.87. The van der Waals surface area contributed by atoms with Crippen molar-refractivity contribution >= 4 is 21.4 Å². The number of nitrogens with one attached hydrogen (secondary N) is 1. The normalized spacial score (nSPS) is 11.1. The first kappa shape index (κ1) is 11.4. The summed E-state index contributed by atoms with van der Waals surface area (Å²) in [4.78, 5) is 3.89. The number of hydrogen-bond acceptors (Lipinski definition) is 4.